The van der Waals surface area contributed by atoms with Gasteiger partial charge < -0.3 is 4.52 Å². The van der Waals surface area contributed by atoms with Crippen LogP contribution in [0.1, 0.15) is 23.0 Å². The van der Waals surface area contributed by atoms with E-state index < -0.39 is 0 Å². The van der Waals surface area contributed by atoms with Crippen molar-refractivity contribution in [1.29, 1.82) is 5.26 Å². The molecule has 0 radical (unpaired) electrons. The van der Waals surface area contributed by atoms with Gasteiger partial charge in [0.1, 0.15) is 22.5 Å². The Morgan fingerprint density at radius 3 is 2.91 bits per heavy atom. The molecule has 22 heavy (non-hydrogen) atoms. The first-order valence-corrected chi connectivity index (χ1v) is 8.28. The normalized spacial score (nSPS) is 10.6. The molecule has 0 atom stereocenters. The molecule has 3 aromatic rings. The zero-order chi connectivity index (χ0) is 15.5. The molecular formula is C14H11N5OS2. The van der Waals surface area contributed by atoms with Gasteiger partial charge in [-0.25, -0.2) is 9.97 Å². The summed E-state index contributed by atoms with van der Waals surface area (Å²) in [5.74, 6) is 2.19. The third-order valence-corrected chi connectivity index (χ3v) is 4.65. The molecule has 110 valence electrons. The Labute approximate surface area is 135 Å². The predicted octanol–water partition coefficient (Wildman–Crippen LogP) is 3.37. The lowest BCUT2D eigenvalue weighted by Gasteiger charge is -2.04. The molecule has 3 heterocycles. The van der Waals surface area contributed by atoms with E-state index in [1.807, 2.05) is 17.5 Å². The van der Waals surface area contributed by atoms with Crippen LogP contribution in [0.3, 0.4) is 0 Å². The quantitative estimate of drug-likeness (QED) is 0.535. The fraction of sp³-hybridized carbons (Fsp3) is 0.214. The second-order valence-corrected chi connectivity index (χ2v) is 6.34. The lowest BCUT2D eigenvalue weighted by Crippen LogP contribution is -1.99. The summed E-state index contributed by atoms with van der Waals surface area (Å²) >= 11 is 2.96. The minimum absolute atomic E-state index is 0.461. The van der Waals surface area contributed by atoms with Crippen LogP contribution in [0.4, 0.5) is 0 Å². The highest BCUT2D eigenvalue weighted by Gasteiger charge is 2.14. The molecule has 3 aromatic heterocycles. The van der Waals surface area contributed by atoms with Crippen LogP contribution in [0.5, 0.6) is 0 Å². The Balaban J connectivity index is 1.78. The Hall–Kier alpha value is -2.24. The Kier molecular flexibility index (Phi) is 4.18. The summed E-state index contributed by atoms with van der Waals surface area (Å²) in [6.07, 6.45) is 0. The average molecular weight is 329 g/mol. The third-order valence-electron chi connectivity index (χ3n) is 2.82. The number of thioether (sulfide) groups is 1. The molecular weight excluding hydrogens is 318 g/mol. The number of hydrogen-bond acceptors (Lipinski definition) is 8. The molecule has 0 saturated heterocycles. The maximum atomic E-state index is 9.22. The van der Waals surface area contributed by atoms with Crippen molar-refractivity contribution < 1.29 is 4.52 Å². The zero-order valence-corrected chi connectivity index (χ0v) is 13.5. The van der Waals surface area contributed by atoms with Crippen molar-refractivity contribution in [2.24, 2.45) is 0 Å². The van der Waals surface area contributed by atoms with Gasteiger partial charge in [-0.15, -0.1) is 11.3 Å². The first-order valence-electron chi connectivity index (χ1n) is 6.42. The summed E-state index contributed by atoms with van der Waals surface area (Å²) in [5.41, 5.74) is 1.18. The number of nitriles is 1. The smallest absolute Gasteiger partial charge is 0.237 e. The molecule has 0 spiro atoms. The van der Waals surface area contributed by atoms with Crippen LogP contribution >= 0.6 is 23.1 Å². The van der Waals surface area contributed by atoms with E-state index in [9.17, 15) is 5.26 Å². The Bertz CT molecular complexity index is 836. The van der Waals surface area contributed by atoms with E-state index in [0.29, 0.717) is 39.6 Å². The zero-order valence-electron chi connectivity index (χ0n) is 11.9. The van der Waals surface area contributed by atoms with E-state index >= 15 is 0 Å². The van der Waals surface area contributed by atoms with Gasteiger partial charge in [-0.05, 0) is 25.3 Å². The van der Waals surface area contributed by atoms with Crippen molar-refractivity contribution in [1.82, 2.24) is 20.1 Å². The fourth-order valence-corrected chi connectivity index (χ4v) is 3.42. The van der Waals surface area contributed by atoms with Crippen molar-refractivity contribution >= 4 is 23.1 Å². The van der Waals surface area contributed by atoms with Gasteiger partial charge in [-0.2, -0.15) is 10.2 Å². The van der Waals surface area contributed by atoms with Crippen LogP contribution in [0, 0.1) is 25.2 Å². The second-order valence-electron chi connectivity index (χ2n) is 4.43. The van der Waals surface area contributed by atoms with Crippen LogP contribution in [0.15, 0.2) is 27.1 Å². The summed E-state index contributed by atoms with van der Waals surface area (Å²) in [6, 6.07) is 6.03. The van der Waals surface area contributed by atoms with E-state index in [1.165, 1.54) is 11.8 Å². The molecule has 0 N–H and O–H groups in total. The molecule has 0 fully saturated rings. The lowest BCUT2D eigenvalue weighted by molar-refractivity contribution is 0.392. The van der Waals surface area contributed by atoms with Crippen LogP contribution in [0.25, 0.3) is 10.7 Å². The van der Waals surface area contributed by atoms with E-state index in [-0.39, 0.29) is 0 Å². The highest BCUT2D eigenvalue weighted by atomic mass is 32.2. The summed E-state index contributed by atoms with van der Waals surface area (Å²) in [4.78, 5) is 13.8. The van der Waals surface area contributed by atoms with Crippen molar-refractivity contribution in [2.75, 3.05) is 0 Å². The van der Waals surface area contributed by atoms with Crippen molar-refractivity contribution in [3.8, 4) is 16.8 Å². The standard InChI is InChI=1S/C14H11N5OS2/c1-8-10(6-15)14(17-9(2)16-8)22-7-12-18-13(19-20-12)11-4-3-5-21-11/h3-5H,7H2,1-2H3. The molecule has 0 aliphatic carbocycles. The SMILES string of the molecule is Cc1nc(C)c(C#N)c(SCc2nc(-c3cccs3)no2)n1. The summed E-state index contributed by atoms with van der Waals surface area (Å²) in [5, 5.41) is 15.8. The van der Waals surface area contributed by atoms with Crippen LogP contribution in [0.2, 0.25) is 0 Å². The summed E-state index contributed by atoms with van der Waals surface area (Å²) < 4.78 is 5.24. The van der Waals surface area contributed by atoms with E-state index in [2.05, 4.69) is 26.2 Å². The Morgan fingerprint density at radius 2 is 2.18 bits per heavy atom. The van der Waals surface area contributed by atoms with Crippen LogP contribution in [-0.4, -0.2) is 20.1 Å². The predicted molar refractivity (Wildman–Crippen MR) is 83.4 cm³/mol. The summed E-state index contributed by atoms with van der Waals surface area (Å²) in [7, 11) is 0. The van der Waals surface area contributed by atoms with E-state index in [1.54, 1.807) is 25.2 Å². The molecule has 8 heteroatoms. The molecule has 0 bridgehead atoms. The third kappa shape index (κ3) is 3.00. The molecule has 0 amide bonds. The number of aryl methyl sites for hydroxylation is 2. The molecule has 0 saturated carbocycles. The van der Waals surface area contributed by atoms with Gasteiger partial charge in [0.05, 0.1) is 16.3 Å². The molecule has 0 aliphatic rings. The fourth-order valence-electron chi connectivity index (χ4n) is 1.86. The molecule has 3 rings (SSSR count). The van der Waals surface area contributed by atoms with Crippen molar-refractivity contribution in [3.63, 3.8) is 0 Å². The van der Waals surface area contributed by atoms with Gasteiger partial charge in [0.25, 0.3) is 0 Å². The van der Waals surface area contributed by atoms with Gasteiger partial charge in [0, 0.05) is 0 Å². The van der Waals surface area contributed by atoms with Crippen LogP contribution < -0.4 is 0 Å². The van der Waals surface area contributed by atoms with Gasteiger partial charge in [0.15, 0.2) is 0 Å². The highest BCUT2D eigenvalue weighted by molar-refractivity contribution is 7.98. The summed E-state index contributed by atoms with van der Waals surface area (Å²) in [6.45, 7) is 3.61. The first kappa shape index (κ1) is 14.7. The maximum absolute atomic E-state index is 9.22. The molecule has 0 aromatic carbocycles. The van der Waals surface area contributed by atoms with Crippen molar-refractivity contribution in [3.05, 3.63) is 40.5 Å². The molecule has 0 unspecified atom stereocenters. The number of nitrogens with zero attached hydrogens (tertiary/aromatic N) is 5. The molecule has 6 nitrogen and oxygen atoms in total. The number of thiophene rings is 1. The number of aromatic nitrogens is 4. The number of rotatable bonds is 4. The monoisotopic (exact) mass is 329 g/mol. The minimum atomic E-state index is 0.461. The highest BCUT2D eigenvalue weighted by Crippen LogP contribution is 2.27. The van der Waals surface area contributed by atoms with Crippen LogP contribution in [-0.2, 0) is 5.75 Å². The Morgan fingerprint density at radius 1 is 1.32 bits per heavy atom. The van der Waals surface area contributed by atoms with E-state index in [0.717, 1.165) is 4.88 Å². The van der Waals surface area contributed by atoms with Gasteiger partial charge in [0.2, 0.25) is 11.7 Å². The van der Waals surface area contributed by atoms with E-state index in [4.69, 9.17) is 4.52 Å². The molecule has 0 aliphatic heterocycles. The van der Waals surface area contributed by atoms with Gasteiger partial charge in [-0.1, -0.05) is 23.0 Å². The second kappa shape index (κ2) is 6.25. The maximum Gasteiger partial charge on any atom is 0.237 e. The first-order chi connectivity index (χ1) is 10.7. The lowest BCUT2D eigenvalue weighted by atomic mass is 10.3. The van der Waals surface area contributed by atoms with Crippen molar-refractivity contribution in [2.45, 2.75) is 24.6 Å². The largest absolute Gasteiger partial charge is 0.338 e. The minimum Gasteiger partial charge on any atom is -0.338 e. The van der Waals surface area contributed by atoms with Gasteiger partial charge >= 0.3 is 0 Å². The number of hydrogen-bond donors (Lipinski definition) is 0. The average Bonchev–Trinajstić information content (AvgIpc) is 3.15. The topological polar surface area (TPSA) is 88.5 Å². The van der Waals surface area contributed by atoms with Gasteiger partial charge in [-0.3, -0.25) is 0 Å².